The van der Waals surface area contributed by atoms with Gasteiger partial charge in [-0.25, -0.2) is 18.4 Å². The van der Waals surface area contributed by atoms with Crippen molar-refractivity contribution in [2.75, 3.05) is 23.8 Å². The van der Waals surface area contributed by atoms with E-state index in [4.69, 9.17) is 0 Å². The van der Waals surface area contributed by atoms with E-state index in [1.54, 1.807) is 16.2 Å². The van der Waals surface area contributed by atoms with Gasteiger partial charge in [-0.2, -0.15) is 0 Å². The summed E-state index contributed by atoms with van der Waals surface area (Å²) in [6, 6.07) is -0.191. The summed E-state index contributed by atoms with van der Waals surface area (Å²) < 4.78 is 23.6. The number of carbonyl (C=O) groups excluding carboxylic acids is 1. The third-order valence-electron chi connectivity index (χ3n) is 4.70. The van der Waals surface area contributed by atoms with E-state index in [0.29, 0.717) is 13.0 Å². The van der Waals surface area contributed by atoms with Gasteiger partial charge in [-0.1, -0.05) is 18.7 Å². The van der Waals surface area contributed by atoms with Gasteiger partial charge in [0.25, 0.3) is 0 Å². The Kier molecular flexibility index (Phi) is 5.88. The van der Waals surface area contributed by atoms with Gasteiger partial charge < -0.3 is 4.90 Å². The summed E-state index contributed by atoms with van der Waals surface area (Å²) in [5, 5.41) is 1.85. The van der Waals surface area contributed by atoms with Crippen LogP contribution >= 0.6 is 23.1 Å². The summed E-state index contributed by atoms with van der Waals surface area (Å²) >= 11 is 3.05. The number of nitrogens with zero attached hydrogens (tertiary/aromatic N) is 3. The quantitative estimate of drug-likeness (QED) is 0.535. The molecule has 1 atom stereocenters. The van der Waals surface area contributed by atoms with E-state index in [1.165, 1.54) is 23.0 Å². The van der Waals surface area contributed by atoms with Gasteiger partial charge in [0.15, 0.2) is 9.84 Å². The minimum atomic E-state index is -3.01. The van der Waals surface area contributed by atoms with Crippen LogP contribution < -0.4 is 0 Å². The number of fused-ring (bicyclic) bond motifs is 1. The second kappa shape index (κ2) is 7.82. The first-order valence-corrected chi connectivity index (χ1v) is 12.3. The van der Waals surface area contributed by atoms with E-state index in [9.17, 15) is 13.2 Å². The van der Waals surface area contributed by atoms with Crippen molar-refractivity contribution in [3.8, 4) is 0 Å². The second-order valence-electron chi connectivity index (χ2n) is 6.57. The number of thioether (sulfide) groups is 1. The highest BCUT2D eigenvalue weighted by atomic mass is 32.2. The molecule has 6 nitrogen and oxygen atoms in total. The second-order valence-corrected chi connectivity index (χ2v) is 11.0. The van der Waals surface area contributed by atoms with Crippen molar-refractivity contribution in [3.63, 3.8) is 0 Å². The Morgan fingerprint density at radius 3 is 2.81 bits per heavy atom. The van der Waals surface area contributed by atoms with E-state index in [1.807, 2.05) is 6.92 Å². The predicted molar refractivity (Wildman–Crippen MR) is 107 cm³/mol. The van der Waals surface area contributed by atoms with Gasteiger partial charge in [0.2, 0.25) is 5.91 Å². The van der Waals surface area contributed by atoms with E-state index >= 15 is 0 Å². The number of aromatic nitrogens is 2. The van der Waals surface area contributed by atoms with Crippen molar-refractivity contribution >= 4 is 49.1 Å². The van der Waals surface area contributed by atoms with Gasteiger partial charge in [0.05, 0.1) is 17.3 Å². The zero-order valence-corrected chi connectivity index (χ0v) is 17.6. The third kappa shape index (κ3) is 4.04. The van der Waals surface area contributed by atoms with Crippen LogP contribution in [0.25, 0.3) is 10.2 Å². The summed E-state index contributed by atoms with van der Waals surface area (Å²) in [7, 11) is -3.01. The Balaban J connectivity index is 1.75. The van der Waals surface area contributed by atoms with E-state index in [-0.39, 0.29) is 29.2 Å². The molecule has 0 bridgehead atoms. The molecule has 0 aromatic carbocycles. The molecule has 0 aliphatic carbocycles. The first-order chi connectivity index (χ1) is 12.3. The Morgan fingerprint density at radius 1 is 1.38 bits per heavy atom. The SMILES string of the molecule is CCCN(C(=O)CSc1ncnc2sc(C)c(C)c12)[C@H]1CCS(=O)(=O)C1. The summed E-state index contributed by atoms with van der Waals surface area (Å²) in [6.07, 6.45) is 2.89. The maximum Gasteiger partial charge on any atom is 0.233 e. The van der Waals surface area contributed by atoms with Crippen LogP contribution in [0.4, 0.5) is 0 Å². The van der Waals surface area contributed by atoms with Crippen LogP contribution in [0.1, 0.15) is 30.2 Å². The largest absolute Gasteiger partial charge is 0.338 e. The van der Waals surface area contributed by atoms with Crippen molar-refractivity contribution in [1.82, 2.24) is 14.9 Å². The predicted octanol–water partition coefficient (Wildman–Crippen LogP) is 2.83. The van der Waals surface area contributed by atoms with Crippen LogP contribution in [0, 0.1) is 13.8 Å². The number of thiophene rings is 1. The number of hydrogen-bond acceptors (Lipinski definition) is 7. The van der Waals surface area contributed by atoms with Crippen LogP contribution in [-0.4, -0.2) is 59.0 Å². The Bertz CT molecular complexity index is 924. The first kappa shape index (κ1) is 19.6. The molecule has 1 aliphatic heterocycles. The molecule has 2 aromatic rings. The standard InChI is InChI=1S/C17H23N3O3S3/c1-4-6-20(13-5-7-26(22,23)9-13)14(21)8-24-16-15-11(2)12(3)25-17(15)19-10-18-16/h10,13H,4-9H2,1-3H3/t13-/m0/s1. The summed E-state index contributed by atoms with van der Waals surface area (Å²) in [4.78, 5) is 25.4. The lowest BCUT2D eigenvalue weighted by Gasteiger charge is -2.27. The molecule has 1 fully saturated rings. The fourth-order valence-corrected chi connectivity index (χ4v) is 6.98. The summed E-state index contributed by atoms with van der Waals surface area (Å²) in [5.41, 5.74) is 1.16. The topological polar surface area (TPSA) is 80.2 Å². The lowest BCUT2D eigenvalue weighted by atomic mass is 10.2. The molecule has 142 valence electrons. The van der Waals surface area contributed by atoms with Gasteiger partial charge in [0.1, 0.15) is 16.2 Å². The van der Waals surface area contributed by atoms with E-state index in [2.05, 4.69) is 23.8 Å². The number of rotatable bonds is 6. The molecule has 1 amide bonds. The summed E-state index contributed by atoms with van der Waals surface area (Å²) in [5.74, 6) is 0.509. The van der Waals surface area contributed by atoms with Crippen LogP contribution in [0.5, 0.6) is 0 Å². The number of sulfone groups is 1. The molecule has 0 radical (unpaired) electrons. The van der Waals surface area contributed by atoms with Crippen molar-refractivity contribution in [2.24, 2.45) is 0 Å². The van der Waals surface area contributed by atoms with Gasteiger partial charge in [-0.15, -0.1) is 11.3 Å². The van der Waals surface area contributed by atoms with Gasteiger partial charge in [-0.3, -0.25) is 4.79 Å². The van der Waals surface area contributed by atoms with Gasteiger partial charge in [-0.05, 0) is 32.3 Å². The average molecular weight is 414 g/mol. The number of carbonyl (C=O) groups is 1. The molecule has 0 N–H and O–H groups in total. The highest BCUT2D eigenvalue weighted by Crippen LogP contribution is 2.34. The molecule has 1 saturated heterocycles. The minimum absolute atomic E-state index is 0.0182. The van der Waals surface area contributed by atoms with Crippen LogP contribution in [0.2, 0.25) is 0 Å². The lowest BCUT2D eigenvalue weighted by Crippen LogP contribution is -2.42. The molecular formula is C17H23N3O3S3. The molecule has 9 heteroatoms. The smallest absolute Gasteiger partial charge is 0.233 e. The van der Waals surface area contributed by atoms with E-state index in [0.717, 1.165) is 27.2 Å². The Morgan fingerprint density at radius 2 is 2.15 bits per heavy atom. The fraction of sp³-hybridized carbons (Fsp3) is 0.588. The molecule has 0 unspecified atom stereocenters. The molecule has 2 aromatic heterocycles. The molecule has 3 heterocycles. The van der Waals surface area contributed by atoms with Crippen molar-refractivity contribution in [2.45, 2.75) is 44.7 Å². The number of amides is 1. The average Bonchev–Trinajstić information content (AvgIpc) is 3.10. The molecular weight excluding hydrogens is 390 g/mol. The third-order valence-corrected chi connectivity index (χ3v) is 8.54. The van der Waals surface area contributed by atoms with Gasteiger partial charge in [0, 0.05) is 22.8 Å². The lowest BCUT2D eigenvalue weighted by molar-refractivity contribution is -0.130. The Hall–Kier alpha value is -1.19. The molecule has 0 saturated carbocycles. The number of hydrogen-bond donors (Lipinski definition) is 0. The minimum Gasteiger partial charge on any atom is -0.338 e. The van der Waals surface area contributed by atoms with Crippen LogP contribution in [0.3, 0.4) is 0 Å². The van der Waals surface area contributed by atoms with Crippen molar-refractivity contribution in [1.29, 1.82) is 0 Å². The maximum absolute atomic E-state index is 12.8. The highest BCUT2D eigenvalue weighted by Gasteiger charge is 2.34. The van der Waals surface area contributed by atoms with E-state index < -0.39 is 9.84 Å². The maximum atomic E-state index is 12.8. The fourth-order valence-electron chi connectivity index (χ4n) is 3.25. The van der Waals surface area contributed by atoms with Crippen LogP contribution in [-0.2, 0) is 14.6 Å². The van der Waals surface area contributed by atoms with Crippen molar-refractivity contribution in [3.05, 3.63) is 16.8 Å². The normalized spacial score (nSPS) is 19.1. The van der Waals surface area contributed by atoms with Crippen molar-refractivity contribution < 1.29 is 13.2 Å². The molecule has 3 rings (SSSR count). The monoisotopic (exact) mass is 413 g/mol. The molecule has 1 aliphatic rings. The number of aryl methyl sites for hydroxylation is 2. The Labute approximate surface area is 162 Å². The molecule has 26 heavy (non-hydrogen) atoms. The zero-order chi connectivity index (χ0) is 18.9. The van der Waals surface area contributed by atoms with Crippen LogP contribution in [0.15, 0.2) is 11.4 Å². The highest BCUT2D eigenvalue weighted by molar-refractivity contribution is 8.00. The summed E-state index contributed by atoms with van der Waals surface area (Å²) in [6.45, 7) is 6.71. The first-order valence-electron chi connectivity index (χ1n) is 8.65. The zero-order valence-electron chi connectivity index (χ0n) is 15.2. The van der Waals surface area contributed by atoms with Gasteiger partial charge >= 0.3 is 0 Å². The molecule has 0 spiro atoms.